The molecule has 0 aromatic rings. The van der Waals surface area contributed by atoms with Crippen LogP contribution in [0.15, 0.2) is 0 Å². The highest BCUT2D eigenvalue weighted by Gasteiger charge is 2.11. The Balaban J connectivity index is 0.000000640. The van der Waals surface area contributed by atoms with Crippen molar-refractivity contribution in [2.24, 2.45) is 5.92 Å². The third kappa shape index (κ3) is 3.04. The van der Waals surface area contributed by atoms with Crippen molar-refractivity contribution in [2.75, 3.05) is 26.7 Å². The molecule has 1 aliphatic heterocycles. The lowest BCUT2D eigenvalue weighted by Crippen LogP contribution is -2.20. The fourth-order valence-corrected chi connectivity index (χ4v) is 1.18. The summed E-state index contributed by atoms with van der Waals surface area (Å²) in [6.45, 7) is 3.60. The van der Waals surface area contributed by atoms with Gasteiger partial charge in [-0.15, -0.1) is 12.4 Å². The molecule has 1 saturated heterocycles. The Hall–Kier alpha value is 0.210. The highest BCUT2D eigenvalue weighted by atomic mass is 35.5. The first kappa shape index (κ1) is 9.21. The van der Waals surface area contributed by atoms with E-state index in [1.54, 1.807) is 0 Å². The van der Waals surface area contributed by atoms with Gasteiger partial charge >= 0.3 is 0 Å². The van der Waals surface area contributed by atoms with Gasteiger partial charge in [0.15, 0.2) is 0 Å². The van der Waals surface area contributed by atoms with Crippen LogP contribution in [-0.2, 0) is 0 Å². The summed E-state index contributed by atoms with van der Waals surface area (Å²) in [6.07, 6.45) is 1.35. The molecule has 2 N–H and O–H groups in total. The molecule has 9 heavy (non-hydrogen) atoms. The van der Waals surface area contributed by atoms with Crippen LogP contribution in [-0.4, -0.2) is 26.7 Å². The smallest absolute Gasteiger partial charge is 0.000790 e. The second-order valence-corrected chi connectivity index (χ2v) is 2.42. The third-order valence-corrected chi connectivity index (χ3v) is 1.66. The lowest BCUT2D eigenvalue weighted by molar-refractivity contribution is 0.544. The normalized spacial score (nSPS) is 25.7. The van der Waals surface area contributed by atoms with Crippen LogP contribution in [0.4, 0.5) is 0 Å². The molecule has 56 valence electrons. The van der Waals surface area contributed by atoms with Crippen LogP contribution in [0.25, 0.3) is 0 Å². The summed E-state index contributed by atoms with van der Waals surface area (Å²) >= 11 is 0. The van der Waals surface area contributed by atoms with Crippen LogP contribution in [0.2, 0.25) is 0 Å². The van der Waals surface area contributed by atoms with Gasteiger partial charge in [0.2, 0.25) is 0 Å². The van der Waals surface area contributed by atoms with E-state index in [-0.39, 0.29) is 12.4 Å². The molecule has 0 spiro atoms. The van der Waals surface area contributed by atoms with Gasteiger partial charge in [-0.05, 0) is 39.0 Å². The summed E-state index contributed by atoms with van der Waals surface area (Å²) in [5, 5.41) is 6.49. The molecule has 1 atom stereocenters. The predicted molar refractivity (Wildman–Crippen MR) is 42.2 cm³/mol. The molecule has 2 nitrogen and oxygen atoms in total. The average molecular weight is 151 g/mol. The van der Waals surface area contributed by atoms with Crippen LogP contribution in [0.5, 0.6) is 0 Å². The number of nitrogens with one attached hydrogen (secondary N) is 2. The zero-order chi connectivity index (χ0) is 5.82. The molecular formula is C6H15ClN2. The Labute approximate surface area is 62.8 Å². The molecule has 1 unspecified atom stereocenters. The topological polar surface area (TPSA) is 24.1 Å². The van der Waals surface area contributed by atoms with E-state index in [1.165, 1.54) is 26.1 Å². The second kappa shape index (κ2) is 5.03. The SMILES string of the molecule is CNCC1CCNC1.Cl. The molecule has 0 bridgehead atoms. The summed E-state index contributed by atoms with van der Waals surface area (Å²) in [7, 11) is 2.01. The molecule has 0 saturated carbocycles. The van der Waals surface area contributed by atoms with Crippen molar-refractivity contribution in [3.63, 3.8) is 0 Å². The quantitative estimate of drug-likeness (QED) is 0.590. The average Bonchev–Trinajstić information content (AvgIpc) is 2.19. The maximum atomic E-state index is 3.32. The largest absolute Gasteiger partial charge is 0.319 e. The second-order valence-electron chi connectivity index (χ2n) is 2.42. The van der Waals surface area contributed by atoms with Gasteiger partial charge in [-0.25, -0.2) is 0 Å². The molecule has 0 aliphatic carbocycles. The fraction of sp³-hybridized carbons (Fsp3) is 1.00. The van der Waals surface area contributed by atoms with Gasteiger partial charge < -0.3 is 10.6 Å². The number of halogens is 1. The van der Waals surface area contributed by atoms with Crippen molar-refractivity contribution in [2.45, 2.75) is 6.42 Å². The molecule has 0 amide bonds. The van der Waals surface area contributed by atoms with E-state index < -0.39 is 0 Å². The minimum Gasteiger partial charge on any atom is -0.319 e. The van der Waals surface area contributed by atoms with E-state index in [0.29, 0.717) is 0 Å². The molecule has 1 heterocycles. The minimum absolute atomic E-state index is 0. The summed E-state index contributed by atoms with van der Waals surface area (Å²) in [4.78, 5) is 0. The maximum Gasteiger partial charge on any atom is -0.000790 e. The van der Waals surface area contributed by atoms with Gasteiger partial charge in [-0.1, -0.05) is 0 Å². The summed E-state index contributed by atoms with van der Waals surface area (Å²) in [5.74, 6) is 0.889. The van der Waals surface area contributed by atoms with Gasteiger partial charge in [0.1, 0.15) is 0 Å². The van der Waals surface area contributed by atoms with E-state index in [0.717, 1.165) is 5.92 Å². The molecule has 0 aromatic heterocycles. The highest BCUT2D eigenvalue weighted by molar-refractivity contribution is 5.85. The molecular weight excluding hydrogens is 136 g/mol. The molecule has 1 aliphatic rings. The van der Waals surface area contributed by atoms with Crippen LogP contribution < -0.4 is 10.6 Å². The van der Waals surface area contributed by atoms with E-state index >= 15 is 0 Å². The number of hydrogen-bond donors (Lipinski definition) is 2. The van der Waals surface area contributed by atoms with Crippen molar-refractivity contribution in [3.8, 4) is 0 Å². The van der Waals surface area contributed by atoms with E-state index in [1.807, 2.05) is 7.05 Å². The Morgan fingerprint density at radius 1 is 1.67 bits per heavy atom. The molecule has 0 radical (unpaired) electrons. The summed E-state index contributed by atoms with van der Waals surface area (Å²) in [5.41, 5.74) is 0. The van der Waals surface area contributed by atoms with Crippen molar-refractivity contribution in [1.82, 2.24) is 10.6 Å². The molecule has 3 heteroatoms. The zero-order valence-corrected chi connectivity index (χ0v) is 6.63. The van der Waals surface area contributed by atoms with Crippen molar-refractivity contribution < 1.29 is 0 Å². The van der Waals surface area contributed by atoms with E-state index in [2.05, 4.69) is 10.6 Å². The Bertz CT molecular complexity index is 62.1. The molecule has 1 fully saturated rings. The Kier molecular flexibility index (Phi) is 5.15. The Morgan fingerprint density at radius 2 is 2.44 bits per heavy atom. The zero-order valence-electron chi connectivity index (χ0n) is 5.81. The highest BCUT2D eigenvalue weighted by Crippen LogP contribution is 2.04. The van der Waals surface area contributed by atoms with Gasteiger partial charge in [-0.2, -0.15) is 0 Å². The summed E-state index contributed by atoms with van der Waals surface area (Å²) < 4.78 is 0. The van der Waals surface area contributed by atoms with Crippen molar-refractivity contribution in [3.05, 3.63) is 0 Å². The first-order valence-corrected chi connectivity index (χ1v) is 3.29. The van der Waals surface area contributed by atoms with Gasteiger partial charge in [-0.3, -0.25) is 0 Å². The van der Waals surface area contributed by atoms with E-state index in [4.69, 9.17) is 0 Å². The minimum atomic E-state index is 0. The van der Waals surface area contributed by atoms with Crippen molar-refractivity contribution >= 4 is 12.4 Å². The lowest BCUT2D eigenvalue weighted by Gasteiger charge is -2.04. The monoisotopic (exact) mass is 150 g/mol. The standard InChI is InChI=1S/C6H14N2.ClH/c1-7-4-6-2-3-8-5-6;/h6-8H,2-5H2,1H3;1H. The van der Waals surface area contributed by atoms with E-state index in [9.17, 15) is 0 Å². The number of rotatable bonds is 2. The number of hydrogen-bond acceptors (Lipinski definition) is 2. The van der Waals surface area contributed by atoms with Crippen LogP contribution in [0.1, 0.15) is 6.42 Å². The first-order valence-electron chi connectivity index (χ1n) is 3.29. The molecule has 1 rings (SSSR count). The van der Waals surface area contributed by atoms with Crippen LogP contribution in [0.3, 0.4) is 0 Å². The van der Waals surface area contributed by atoms with Crippen LogP contribution >= 0.6 is 12.4 Å². The van der Waals surface area contributed by atoms with Crippen molar-refractivity contribution in [1.29, 1.82) is 0 Å². The molecule has 0 aromatic carbocycles. The fourth-order valence-electron chi connectivity index (χ4n) is 1.18. The summed E-state index contributed by atoms with van der Waals surface area (Å²) in [6, 6.07) is 0. The first-order chi connectivity index (χ1) is 3.93. The van der Waals surface area contributed by atoms with Crippen LogP contribution in [0, 0.1) is 5.92 Å². The van der Waals surface area contributed by atoms with Gasteiger partial charge in [0.25, 0.3) is 0 Å². The third-order valence-electron chi connectivity index (χ3n) is 1.66. The van der Waals surface area contributed by atoms with Gasteiger partial charge in [0.05, 0.1) is 0 Å². The lowest BCUT2D eigenvalue weighted by atomic mass is 10.1. The predicted octanol–water partition coefficient (Wildman–Crippen LogP) is 0.237. The Morgan fingerprint density at radius 3 is 2.89 bits per heavy atom. The maximum absolute atomic E-state index is 3.32. The van der Waals surface area contributed by atoms with Gasteiger partial charge in [0, 0.05) is 0 Å².